The Hall–Kier alpha value is -3.66. The van der Waals surface area contributed by atoms with E-state index in [9.17, 15) is 22.8 Å². The van der Waals surface area contributed by atoms with E-state index in [1.807, 2.05) is 6.92 Å². The van der Waals surface area contributed by atoms with E-state index in [4.69, 9.17) is 11.6 Å². The van der Waals surface area contributed by atoms with E-state index in [1.54, 1.807) is 19.1 Å². The van der Waals surface area contributed by atoms with Crippen molar-refractivity contribution in [3.63, 3.8) is 0 Å². The molecule has 1 aliphatic carbocycles. The molecule has 36 heavy (non-hydrogen) atoms. The van der Waals surface area contributed by atoms with Crippen molar-refractivity contribution in [1.29, 1.82) is 0 Å². The van der Waals surface area contributed by atoms with Crippen molar-refractivity contribution < 1.29 is 22.8 Å². The van der Waals surface area contributed by atoms with Gasteiger partial charge in [-0.05, 0) is 62.6 Å². The Balaban J connectivity index is 1.52. The van der Waals surface area contributed by atoms with Crippen LogP contribution in [0, 0.1) is 6.92 Å². The molecule has 2 amide bonds. The maximum absolute atomic E-state index is 13.2. The summed E-state index contributed by atoms with van der Waals surface area (Å²) in [6.45, 7) is 4.40. The van der Waals surface area contributed by atoms with E-state index in [2.05, 4.69) is 25.9 Å². The van der Waals surface area contributed by atoms with Crippen LogP contribution in [0.2, 0.25) is 5.02 Å². The van der Waals surface area contributed by atoms with Crippen LogP contribution in [0.25, 0.3) is 0 Å². The average molecular weight is 518 g/mol. The van der Waals surface area contributed by atoms with E-state index in [0.717, 1.165) is 17.7 Å². The Morgan fingerprint density at radius 3 is 2.47 bits per heavy atom. The molecular formula is C25H23ClF3N5O2. The van der Waals surface area contributed by atoms with E-state index < -0.39 is 28.1 Å². The minimum Gasteiger partial charge on any atom is -0.370 e. The summed E-state index contributed by atoms with van der Waals surface area (Å²) in [4.78, 5) is 34.5. The Morgan fingerprint density at radius 2 is 1.81 bits per heavy atom. The van der Waals surface area contributed by atoms with Gasteiger partial charge >= 0.3 is 6.18 Å². The van der Waals surface area contributed by atoms with Gasteiger partial charge in [0.25, 0.3) is 5.91 Å². The number of alkyl halides is 3. The summed E-state index contributed by atoms with van der Waals surface area (Å²) in [6.07, 6.45) is -2.00. The number of carbonyl (C=O) groups is 2. The van der Waals surface area contributed by atoms with Crippen molar-refractivity contribution >= 4 is 40.6 Å². The monoisotopic (exact) mass is 517 g/mol. The third-order valence-corrected chi connectivity index (χ3v) is 6.31. The molecule has 3 N–H and O–H groups in total. The Kier molecular flexibility index (Phi) is 6.90. The van der Waals surface area contributed by atoms with Crippen LogP contribution in [0.15, 0.2) is 48.8 Å². The molecule has 4 rings (SSSR count). The lowest BCUT2D eigenvalue weighted by atomic mass is 10.00. The van der Waals surface area contributed by atoms with Crippen LogP contribution in [0.3, 0.4) is 0 Å². The van der Waals surface area contributed by atoms with Crippen LogP contribution in [0.5, 0.6) is 0 Å². The van der Waals surface area contributed by atoms with Gasteiger partial charge in [0.05, 0.1) is 21.7 Å². The zero-order chi connectivity index (χ0) is 26.1. The highest BCUT2D eigenvalue weighted by Gasteiger charge is 2.53. The molecule has 188 valence electrons. The van der Waals surface area contributed by atoms with Gasteiger partial charge < -0.3 is 16.0 Å². The third-order valence-electron chi connectivity index (χ3n) is 5.98. The van der Waals surface area contributed by atoms with Crippen LogP contribution < -0.4 is 16.0 Å². The standard InChI is InChI=1S/C25H23ClF3N5O2/c1-3-30-21-12-20(31-13-32-21)24(8-9-24)23(36)34-19-10-15(5-4-14(19)2)22(35)33-16-6-7-18(26)17(11-16)25(27,28)29/h4-7,10-13H,3,8-9H2,1-2H3,(H,33,35)(H,34,36)(H,30,31,32). The highest BCUT2D eigenvalue weighted by Crippen LogP contribution is 2.48. The van der Waals surface area contributed by atoms with E-state index in [0.29, 0.717) is 36.6 Å². The Morgan fingerprint density at radius 1 is 1.06 bits per heavy atom. The fourth-order valence-electron chi connectivity index (χ4n) is 3.78. The number of rotatable bonds is 7. The highest BCUT2D eigenvalue weighted by molar-refractivity contribution is 6.31. The minimum absolute atomic E-state index is 0.0555. The fraction of sp³-hybridized carbons (Fsp3) is 0.280. The van der Waals surface area contributed by atoms with Gasteiger partial charge in [-0.25, -0.2) is 9.97 Å². The van der Waals surface area contributed by atoms with Crippen LogP contribution in [0.4, 0.5) is 30.4 Å². The van der Waals surface area contributed by atoms with Gasteiger partial charge in [-0.2, -0.15) is 13.2 Å². The van der Waals surface area contributed by atoms with Crippen LogP contribution in [-0.4, -0.2) is 28.3 Å². The van der Waals surface area contributed by atoms with Gasteiger partial charge in [-0.3, -0.25) is 9.59 Å². The van der Waals surface area contributed by atoms with Crippen molar-refractivity contribution in [1.82, 2.24) is 9.97 Å². The first kappa shape index (κ1) is 25.4. The lowest BCUT2D eigenvalue weighted by Gasteiger charge is -2.17. The molecule has 11 heteroatoms. The van der Waals surface area contributed by atoms with Crippen molar-refractivity contribution in [2.75, 3.05) is 22.5 Å². The van der Waals surface area contributed by atoms with Crippen molar-refractivity contribution in [2.24, 2.45) is 0 Å². The van der Waals surface area contributed by atoms with Gasteiger partial charge in [-0.15, -0.1) is 0 Å². The lowest BCUT2D eigenvalue weighted by Crippen LogP contribution is -2.29. The van der Waals surface area contributed by atoms with Crippen molar-refractivity contribution in [3.8, 4) is 0 Å². The van der Waals surface area contributed by atoms with Gasteiger partial charge in [-0.1, -0.05) is 17.7 Å². The molecule has 1 aliphatic rings. The molecule has 3 aromatic rings. The second kappa shape index (κ2) is 9.77. The van der Waals surface area contributed by atoms with Crippen LogP contribution >= 0.6 is 11.6 Å². The number of halogens is 4. The summed E-state index contributed by atoms with van der Waals surface area (Å²) in [7, 11) is 0. The molecule has 0 unspecified atom stereocenters. The number of nitrogens with one attached hydrogen (secondary N) is 3. The Labute approximate surface area is 210 Å². The molecule has 1 aromatic heterocycles. The lowest BCUT2D eigenvalue weighted by molar-refractivity contribution is -0.137. The summed E-state index contributed by atoms with van der Waals surface area (Å²) in [5.74, 6) is -0.253. The van der Waals surface area contributed by atoms with Gasteiger partial charge in [0.15, 0.2) is 0 Å². The molecule has 1 heterocycles. The summed E-state index contributed by atoms with van der Waals surface area (Å²) in [5.41, 5.74) is 0.0383. The smallest absolute Gasteiger partial charge is 0.370 e. The fourth-order valence-corrected chi connectivity index (χ4v) is 4.01. The SMILES string of the molecule is CCNc1cc(C2(C(=O)Nc3cc(C(=O)Nc4ccc(Cl)c(C(F)(F)F)c4)ccc3C)CC2)ncn1. The normalized spacial score (nSPS) is 14.2. The molecule has 2 aromatic carbocycles. The molecule has 1 fully saturated rings. The third kappa shape index (κ3) is 5.28. The predicted molar refractivity (Wildman–Crippen MR) is 131 cm³/mol. The second-order valence-electron chi connectivity index (χ2n) is 8.53. The summed E-state index contributed by atoms with van der Waals surface area (Å²) in [6, 6.07) is 9.56. The number of aromatic nitrogens is 2. The number of amides is 2. The molecule has 0 bridgehead atoms. The van der Waals surface area contributed by atoms with Crippen LogP contribution in [-0.2, 0) is 16.4 Å². The quantitative estimate of drug-likeness (QED) is 0.367. The average Bonchev–Trinajstić information content (AvgIpc) is 3.64. The number of nitrogens with zero attached hydrogens (tertiary/aromatic N) is 2. The molecule has 0 aliphatic heterocycles. The minimum atomic E-state index is -4.66. The second-order valence-corrected chi connectivity index (χ2v) is 8.94. The summed E-state index contributed by atoms with van der Waals surface area (Å²) < 4.78 is 39.4. The van der Waals surface area contributed by atoms with Crippen molar-refractivity contribution in [2.45, 2.75) is 38.3 Å². The maximum Gasteiger partial charge on any atom is 0.417 e. The number of aryl methyl sites for hydroxylation is 1. The molecule has 0 radical (unpaired) electrons. The molecular weight excluding hydrogens is 495 g/mol. The van der Waals surface area contributed by atoms with Crippen LogP contribution in [0.1, 0.15) is 46.9 Å². The molecule has 1 saturated carbocycles. The van der Waals surface area contributed by atoms with Gasteiger partial charge in [0, 0.05) is 29.5 Å². The molecule has 0 saturated heterocycles. The van der Waals surface area contributed by atoms with Gasteiger partial charge in [0.2, 0.25) is 5.91 Å². The van der Waals surface area contributed by atoms with Gasteiger partial charge in [0.1, 0.15) is 12.1 Å². The largest absolute Gasteiger partial charge is 0.417 e. The van der Waals surface area contributed by atoms with E-state index in [-0.39, 0.29) is 17.2 Å². The first-order valence-electron chi connectivity index (χ1n) is 11.2. The first-order valence-corrected chi connectivity index (χ1v) is 11.6. The number of carbonyl (C=O) groups excluding carboxylic acids is 2. The molecule has 7 nitrogen and oxygen atoms in total. The number of benzene rings is 2. The van der Waals surface area contributed by atoms with E-state index >= 15 is 0 Å². The number of hydrogen-bond acceptors (Lipinski definition) is 5. The summed E-state index contributed by atoms with van der Waals surface area (Å²) >= 11 is 5.65. The topological polar surface area (TPSA) is 96.0 Å². The molecule has 0 spiro atoms. The molecule has 0 atom stereocenters. The zero-order valence-electron chi connectivity index (χ0n) is 19.5. The highest BCUT2D eigenvalue weighted by atomic mass is 35.5. The predicted octanol–water partition coefficient (Wildman–Crippen LogP) is 5.81. The van der Waals surface area contributed by atoms with E-state index in [1.165, 1.54) is 24.5 Å². The first-order chi connectivity index (χ1) is 17.0. The maximum atomic E-state index is 13.2. The summed E-state index contributed by atoms with van der Waals surface area (Å²) in [5, 5.41) is 7.98. The number of hydrogen-bond donors (Lipinski definition) is 3. The Bertz CT molecular complexity index is 1330. The van der Waals surface area contributed by atoms with Crippen molar-refractivity contribution in [3.05, 3.63) is 76.2 Å². The number of anilines is 3. The zero-order valence-corrected chi connectivity index (χ0v) is 20.2.